The molecule has 1 aromatic heterocycles. The first-order chi connectivity index (χ1) is 9.58. The van der Waals surface area contributed by atoms with Gasteiger partial charge in [0.05, 0.1) is 0 Å². The number of nitrogens with one attached hydrogen (secondary N) is 1. The van der Waals surface area contributed by atoms with Gasteiger partial charge in [0.1, 0.15) is 5.75 Å². The summed E-state index contributed by atoms with van der Waals surface area (Å²) < 4.78 is 6.87. The number of halogens is 1. The molecule has 4 nitrogen and oxygen atoms in total. The molecule has 0 fully saturated rings. The Bertz CT molecular complexity index is 602. The van der Waals surface area contributed by atoms with E-state index < -0.39 is 0 Å². The second kappa shape index (κ2) is 6.70. The van der Waals surface area contributed by atoms with Crippen molar-refractivity contribution in [2.75, 3.05) is 11.9 Å². The van der Waals surface area contributed by atoms with Gasteiger partial charge in [0.2, 0.25) is 11.8 Å². The average Bonchev–Trinajstić information content (AvgIpc) is 2.40. The lowest BCUT2D eigenvalue weighted by molar-refractivity contribution is 0.461. The molecule has 106 valence electrons. The Morgan fingerprint density at radius 2 is 2.00 bits per heavy atom. The maximum Gasteiger partial charge on any atom is 0.226 e. The van der Waals surface area contributed by atoms with Crippen LogP contribution in [0.4, 0.5) is 5.95 Å². The van der Waals surface area contributed by atoms with Crippen LogP contribution in [0.1, 0.15) is 24.6 Å². The van der Waals surface area contributed by atoms with Crippen LogP contribution < -0.4 is 10.1 Å². The summed E-state index contributed by atoms with van der Waals surface area (Å²) in [5.41, 5.74) is 2.00. The van der Waals surface area contributed by atoms with Crippen LogP contribution >= 0.6 is 15.9 Å². The van der Waals surface area contributed by atoms with Gasteiger partial charge in [0.15, 0.2) is 0 Å². The summed E-state index contributed by atoms with van der Waals surface area (Å²) in [4.78, 5) is 8.70. The molecule has 0 unspecified atom stereocenters. The number of nitrogens with zero attached hydrogens (tertiary/aromatic N) is 2. The summed E-state index contributed by atoms with van der Waals surface area (Å²) >= 11 is 3.48. The van der Waals surface area contributed by atoms with Crippen molar-refractivity contribution in [3.05, 3.63) is 40.0 Å². The number of ether oxygens (including phenoxy) is 1. The molecule has 0 amide bonds. The minimum Gasteiger partial charge on any atom is -0.439 e. The number of hydrogen-bond donors (Lipinski definition) is 1. The van der Waals surface area contributed by atoms with Crippen molar-refractivity contribution < 1.29 is 4.74 Å². The van der Waals surface area contributed by atoms with E-state index in [-0.39, 0.29) is 0 Å². The Balaban J connectivity index is 2.19. The maximum absolute atomic E-state index is 5.80. The molecule has 1 aromatic carbocycles. The molecule has 0 saturated carbocycles. The highest BCUT2D eigenvalue weighted by Gasteiger charge is 2.05. The minimum absolute atomic E-state index is 0.554. The number of rotatable bonds is 5. The Labute approximate surface area is 127 Å². The first kappa shape index (κ1) is 14.8. The standard InChI is InChI=1S/C15H18BrN3O/c1-4-7-17-15-18-11(3)9-14(19-15)20-12-5-6-13(16)10(2)8-12/h5-6,8-9H,4,7H2,1-3H3,(H,17,18,19). The molecule has 5 heteroatoms. The number of aromatic nitrogens is 2. The highest BCUT2D eigenvalue weighted by atomic mass is 79.9. The Morgan fingerprint density at radius 3 is 2.70 bits per heavy atom. The monoisotopic (exact) mass is 335 g/mol. The molecule has 0 aliphatic rings. The Hall–Kier alpha value is -1.62. The van der Waals surface area contributed by atoms with Crippen LogP contribution in [-0.2, 0) is 0 Å². The van der Waals surface area contributed by atoms with Crippen LogP contribution in [0.25, 0.3) is 0 Å². The van der Waals surface area contributed by atoms with Gasteiger partial charge in [-0.15, -0.1) is 0 Å². The van der Waals surface area contributed by atoms with Crippen molar-refractivity contribution in [2.45, 2.75) is 27.2 Å². The quantitative estimate of drug-likeness (QED) is 0.875. The Kier molecular flexibility index (Phi) is 4.95. The molecule has 1 heterocycles. The number of anilines is 1. The first-order valence-corrected chi connectivity index (χ1v) is 7.41. The molecular formula is C15H18BrN3O. The first-order valence-electron chi connectivity index (χ1n) is 6.62. The molecule has 0 saturated heterocycles. The minimum atomic E-state index is 0.554. The van der Waals surface area contributed by atoms with Gasteiger partial charge < -0.3 is 10.1 Å². The number of benzene rings is 1. The molecule has 0 aliphatic carbocycles. The largest absolute Gasteiger partial charge is 0.439 e. The van der Waals surface area contributed by atoms with Crippen molar-refractivity contribution in [1.29, 1.82) is 0 Å². The molecule has 0 aliphatic heterocycles. The van der Waals surface area contributed by atoms with E-state index in [2.05, 4.69) is 38.1 Å². The van der Waals surface area contributed by atoms with E-state index in [0.29, 0.717) is 11.8 Å². The van der Waals surface area contributed by atoms with E-state index in [1.807, 2.05) is 38.1 Å². The third-order valence-corrected chi connectivity index (χ3v) is 3.61. The van der Waals surface area contributed by atoms with E-state index >= 15 is 0 Å². The highest BCUT2D eigenvalue weighted by molar-refractivity contribution is 9.10. The van der Waals surface area contributed by atoms with Crippen molar-refractivity contribution >= 4 is 21.9 Å². The molecule has 2 aromatic rings. The van der Waals surface area contributed by atoms with E-state index in [1.54, 1.807) is 0 Å². The maximum atomic E-state index is 5.80. The molecule has 1 N–H and O–H groups in total. The van der Waals surface area contributed by atoms with Gasteiger partial charge in [-0.25, -0.2) is 4.98 Å². The van der Waals surface area contributed by atoms with Gasteiger partial charge in [-0.3, -0.25) is 0 Å². The highest BCUT2D eigenvalue weighted by Crippen LogP contribution is 2.25. The van der Waals surface area contributed by atoms with Gasteiger partial charge >= 0.3 is 0 Å². The molecule has 20 heavy (non-hydrogen) atoms. The van der Waals surface area contributed by atoms with Crippen LogP contribution in [0.5, 0.6) is 11.6 Å². The molecule has 0 radical (unpaired) electrons. The molecule has 0 bridgehead atoms. The molecule has 2 rings (SSSR count). The van der Waals surface area contributed by atoms with E-state index in [4.69, 9.17) is 4.74 Å². The fraction of sp³-hybridized carbons (Fsp3) is 0.333. The van der Waals surface area contributed by atoms with Crippen LogP contribution in [0.3, 0.4) is 0 Å². The number of hydrogen-bond acceptors (Lipinski definition) is 4. The fourth-order valence-electron chi connectivity index (χ4n) is 1.71. The topological polar surface area (TPSA) is 47.0 Å². The summed E-state index contributed by atoms with van der Waals surface area (Å²) in [6.07, 6.45) is 1.03. The predicted molar refractivity (Wildman–Crippen MR) is 84.5 cm³/mol. The summed E-state index contributed by atoms with van der Waals surface area (Å²) in [5, 5.41) is 3.17. The zero-order valence-corrected chi connectivity index (χ0v) is 13.5. The summed E-state index contributed by atoms with van der Waals surface area (Å²) in [5.74, 6) is 1.93. The van der Waals surface area contributed by atoms with E-state index in [9.17, 15) is 0 Å². The zero-order valence-electron chi connectivity index (χ0n) is 11.9. The van der Waals surface area contributed by atoms with Crippen LogP contribution in [0.2, 0.25) is 0 Å². The van der Waals surface area contributed by atoms with Gasteiger partial charge in [0.25, 0.3) is 0 Å². The summed E-state index contributed by atoms with van der Waals surface area (Å²) in [7, 11) is 0. The fourth-order valence-corrected chi connectivity index (χ4v) is 1.96. The zero-order chi connectivity index (χ0) is 14.5. The third-order valence-electron chi connectivity index (χ3n) is 2.72. The predicted octanol–water partition coefficient (Wildman–Crippen LogP) is 4.47. The van der Waals surface area contributed by atoms with Crippen molar-refractivity contribution in [3.8, 4) is 11.6 Å². The lowest BCUT2D eigenvalue weighted by Crippen LogP contribution is -2.05. The SMILES string of the molecule is CCCNc1nc(C)cc(Oc2ccc(Br)c(C)c2)n1. The van der Waals surface area contributed by atoms with Crippen molar-refractivity contribution in [2.24, 2.45) is 0 Å². The second-order valence-corrected chi connectivity index (χ2v) is 5.47. The summed E-state index contributed by atoms with van der Waals surface area (Å²) in [6.45, 7) is 6.90. The van der Waals surface area contributed by atoms with Crippen LogP contribution in [-0.4, -0.2) is 16.5 Å². The lowest BCUT2D eigenvalue weighted by Gasteiger charge is -2.09. The lowest BCUT2D eigenvalue weighted by atomic mass is 10.2. The van der Waals surface area contributed by atoms with E-state index in [0.717, 1.165) is 34.4 Å². The van der Waals surface area contributed by atoms with Crippen LogP contribution in [0, 0.1) is 13.8 Å². The normalized spacial score (nSPS) is 10.4. The van der Waals surface area contributed by atoms with Crippen molar-refractivity contribution in [1.82, 2.24) is 9.97 Å². The second-order valence-electron chi connectivity index (χ2n) is 4.61. The van der Waals surface area contributed by atoms with Gasteiger partial charge in [0, 0.05) is 22.8 Å². The Morgan fingerprint density at radius 1 is 1.20 bits per heavy atom. The van der Waals surface area contributed by atoms with E-state index in [1.165, 1.54) is 0 Å². The van der Waals surface area contributed by atoms with Gasteiger partial charge in [-0.05, 0) is 44.0 Å². The van der Waals surface area contributed by atoms with Gasteiger partial charge in [-0.1, -0.05) is 22.9 Å². The molecule has 0 atom stereocenters. The van der Waals surface area contributed by atoms with Crippen LogP contribution in [0.15, 0.2) is 28.7 Å². The third kappa shape index (κ3) is 3.93. The molecule has 0 spiro atoms. The molecular weight excluding hydrogens is 318 g/mol. The van der Waals surface area contributed by atoms with Gasteiger partial charge in [-0.2, -0.15) is 4.98 Å². The smallest absolute Gasteiger partial charge is 0.226 e. The number of aryl methyl sites for hydroxylation is 2. The average molecular weight is 336 g/mol. The summed E-state index contributed by atoms with van der Waals surface area (Å²) in [6, 6.07) is 7.68. The van der Waals surface area contributed by atoms with Crippen molar-refractivity contribution in [3.63, 3.8) is 0 Å².